The SMILES string of the molecule is N/C(CC(=O)NCc1ccc(S(N)(=O)=O)cc1)=N\O. The second-order valence-corrected chi connectivity index (χ2v) is 5.30. The molecule has 1 aromatic carbocycles. The zero-order valence-electron chi connectivity index (χ0n) is 9.91. The Balaban J connectivity index is 2.58. The molecule has 0 radical (unpaired) electrons. The molecular formula is C10H14N4O4S. The normalized spacial score (nSPS) is 12.2. The minimum Gasteiger partial charge on any atom is -0.409 e. The van der Waals surface area contributed by atoms with E-state index >= 15 is 0 Å². The average Bonchev–Trinajstić information content (AvgIpc) is 2.35. The van der Waals surface area contributed by atoms with Crippen LogP contribution in [0.15, 0.2) is 34.3 Å². The van der Waals surface area contributed by atoms with Gasteiger partial charge in [-0.1, -0.05) is 17.3 Å². The molecule has 0 spiro atoms. The summed E-state index contributed by atoms with van der Waals surface area (Å²) in [5.41, 5.74) is 5.86. The van der Waals surface area contributed by atoms with Crippen LogP contribution in [0.25, 0.3) is 0 Å². The number of nitrogens with one attached hydrogen (secondary N) is 1. The molecule has 0 aliphatic carbocycles. The molecule has 104 valence electrons. The number of hydrogen-bond acceptors (Lipinski definition) is 5. The summed E-state index contributed by atoms with van der Waals surface area (Å²) in [6, 6.07) is 5.76. The number of benzene rings is 1. The highest BCUT2D eigenvalue weighted by Crippen LogP contribution is 2.08. The first-order chi connectivity index (χ1) is 8.82. The summed E-state index contributed by atoms with van der Waals surface area (Å²) in [6.07, 6.45) is -0.217. The molecule has 0 heterocycles. The number of amidine groups is 1. The highest BCUT2D eigenvalue weighted by Gasteiger charge is 2.08. The zero-order valence-corrected chi connectivity index (χ0v) is 10.7. The minimum atomic E-state index is -3.72. The lowest BCUT2D eigenvalue weighted by Gasteiger charge is -2.05. The van der Waals surface area contributed by atoms with Crippen molar-refractivity contribution in [3.8, 4) is 0 Å². The van der Waals surface area contributed by atoms with Crippen LogP contribution in [0.5, 0.6) is 0 Å². The van der Waals surface area contributed by atoms with Crippen LogP contribution in [-0.2, 0) is 21.4 Å². The molecule has 0 atom stereocenters. The van der Waals surface area contributed by atoms with Gasteiger partial charge in [0.05, 0.1) is 11.3 Å². The smallest absolute Gasteiger partial charge is 0.238 e. The van der Waals surface area contributed by atoms with Gasteiger partial charge in [-0.15, -0.1) is 0 Å². The van der Waals surface area contributed by atoms with Gasteiger partial charge < -0.3 is 16.3 Å². The first-order valence-corrected chi connectivity index (χ1v) is 6.72. The van der Waals surface area contributed by atoms with E-state index in [1.54, 1.807) is 0 Å². The van der Waals surface area contributed by atoms with Crippen LogP contribution in [0, 0.1) is 0 Å². The number of nitrogens with zero attached hydrogens (tertiary/aromatic N) is 1. The fourth-order valence-corrected chi connectivity index (χ4v) is 1.78. The molecule has 19 heavy (non-hydrogen) atoms. The van der Waals surface area contributed by atoms with Crippen molar-refractivity contribution in [1.29, 1.82) is 0 Å². The van der Waals surface area contributed by atoms with Crippen LogP contribution in [0.4, 0.5) is 0 Å². The van der Waals surface area contributed by atoms with Crippen molar-refractivity contribution in [2.45, 2.75) is 17.9 Å². The van der Waals surface area contributed by atoms with Gasteiger partial charge in [0.15, 0.2) is 0 Å². The number of oxime groups is 1. The fraction of sp³-hybridized carbons (Fsp3) is 0.200. The van der Waals surface area contributed by atoms with Gasteiger partial charge in [-0.25, -0.2) is 13.6 Å². The highest BCUT2D eigenvalue weighted by atomic mass is 32.2. The van der Waals surface area contributed by atoms with E-state index in [0.717, 1.165) is 0 Å². The Hall–Kier alpha value is -2.13. The first kappa shape index (κ1) is 14.9. The monoisotopic (exact) mass is 286 g/mol. The first-order valence-electron chi connectivity index (χ1n) is 5.18. The maximum Gasteiger partial charge on any atom is 0.238 e. The van der Waals surface area contributed by atoms with Crippen molar-refractivity contribution < 1.29 is 18.4 Å². The maximum atomic E-state index is 11.3. The Bertz CT molecular complexity index is 580. The number of amides is 1. The third-order valence-corrected chi connectivity index (χ3v) is 3.14. The zero-order chi connectivity index (χ0) is 14.5. The summed E-state index contributed by atoms with van der Waals surface area (Å²) in [5.74, 6) is -0.604. The van der Waals surface area contributed by atoms with Gasteiger partial charge in [-0.05, 0) is 17.7 Å². The molecule has 0 bridgehead atoms. The minimum absolute atomic E-state index is 0.000709. The van der Waals surface area contributed by atoms with E-state index in [2.05, 4.69) is 10.5 Å². The van der Waals surface area contributed by atoms with E-state index in [9.17, 15) is 13.2 Å². The Morgan fingerprint density at radius 2 is 1.89 bits per heavy atom. The van der Waals surface area contributed by atoms with Crippen molar-refractivity contribution >= 4 is 21.8 Å². The Morgan fingerprint density at radius 3 is 2.37 bits per heavy atom. The summed E-state index contributed by atoms with van der Waals surface area (Å²) in [7, 11) is -3.72. The average molecular weight is 286 g/mol. The van der Waals surface area contributed by atoms with Crippen molar-refractivity contribution in [3.05, 3.63) is 29.8 Å². The lowest BCUT2D eigenvalue weighted by Crippen LogP contribution is -2.28. The van der Waals surface area contributed by atoms with Crippen LogP contribution in [0.2, 0.25) is 0 Å². The summed E-state index contributed by atoms with van der Waals surface area (Å²) in [4.78, 5) is 11.3. The molecule has 9 heteroatoms. The van der Waals surface area contributed by atoms with Crippen LogP contribution in [0.3, 0.4) is 0 Å². The molecule has 0 fully saturated rings. The fourth-order valence-electron chi connectivity index (χ4n) is 1.26. The van der Waals surface area contributed by atoms with Gasteiger partial charge in [0.1, 0.15) is 5.84 Å². The van der Waals surface area contributed by atoms with E-state index in [0.29, 0.717) is 5.56 Å². The largest absolute Gasteiger partial charge is 0.409 e. The number of nitrogens with two attached hydrogens (primary N) is 2. The molecule has 1 aromatic rings. The van der Waals surface area contributed by atoms with Gasteiger partial charge in [-0.2, -0.15) is 0 Å². The van der Waals surface area contributed by atoms with Gasteiger partial charge >= 0.3 is 0 Å². The lowest BCUT2D eigenvalue weighted by atomic mass is 10.2. The van der Waals surface area contributed by atoms with Crippen LogP contribution in [0.1, 0.15) is 12.0 Å². The van der Waals surface area contributed by atoms with E-state index in [-0.39, 0.29) is 23.7 Å². The van der Waals surface area contributed by atoms with Crippen LogP contribution < -0.4 is 16.2 Å². The molecule has 0 aliphatic rings. The number of carbonyl (C=O) groups is 1. The number of rotatable bonds is 5. The second kappa shape index (κ2) is 6.16. The third-order valence-electron chi connectivity index (χ3n) is 2.21. The molecule has 0 aromatic heterocycles. The molecule has 1 amide bonds. The van der Waals surface area contributed by atoms with E-state index in [1.165, 1.54) is 24.3 Å². The van der Waals surface area contributed by atoms with Crippen molar-refractivity contribution in [1.82, 2.24) is 5.32 Å². The molecule has 6 N–H and O–H groups in total. The van der Waals surface area contributed by atoms with Gasteiger partial charge in [-0.3, -0.25) is 4.79 Å². The predicted octanol–water partition coefficient (Wildman–Crippen LogP) is -0.913. The van der Waals surface area contributed by atoms with Crippen LogP contribution >= 0.6 is 0 Å². The number of sulfonamides is 1. The molecule has 0 aliphatic heterocycles. The molecule has 8 nitrogen and oxygen atoms in total. The van der Waals surface area contributed by atoms with Crippen molar-refractivity contribution in [3.63, 3.8) is 0 Å². The molecule has 0 unspecified atom stereocenters. The highest BCUT2D eigenvalue weighted by molar-refractivity contribution is 7.89. The second-order valence-electron chi connectivity index (χ2n) is 3.73. The topological polar surface area (TPSA) is 148 Å². The number of carbonyl (C=O) groups excluding carboxylic acids is 1. The van der Waals surface area contributed by atoms with Crippen LogP contribution in [-0.4, -0.2) is 25.4 Å². The summed E-state index contributed by atoms with van der Waals surface area (Å²) in [5, 5.41) is 18.4. The Morgan fingerprint density at radius 1 is 1.32 bits per heavy atom. The van der Waals surface area contributed by atoms with Gasteiger partial charge in [0.2, 0.25) is 15.9 Å². The lowest BCUT2D eigenvalue weighted by molar-refractivity contribution is -0.120. The summed E-state index contributed by atoms with van der Waals surface area (Å²) in [6.45, 7) is 0.197. The molecule has 1 rings (SSSR count). The van der Waals surface area contributed by atoms with E-state index in [4.69, 9.17) is 16.1 Å². The molecular weight excluding hydrogens is 272 g/mol. The Labute approximate surface area is 110 Å². The predicted molar refractivity (Wildman–Crippen MR) is 67.7 cm³/mol. The standard InChI is InChI=1S/C10H14N4O4S/c11-9(14-16)5-10(15)13-6-7-1-3-8(4-2-7)19(12,17)18/h1-4,16H,5-6H2,(H2,11,14)(H,13,15)(H2,12,17,18). The Kier molecular flexibility index (Phi) is 4.84. The molecule has 0 saturated heterocycles. The quantitative estimate of drug-likeness (QED) is 0.239. The maximum absolute atomic E-state index is 11.3. The number of primary sulfonamides is 1. The summed E-state index contributed by atoms with van der Waals surface area (Å²) >= 11 is 0. The van der Waals surface area contributed by atoms with Gasteiger partial charge in [0.25, 0.3) is 0 Å². The van der Waals surface area contributed by atoms with Gasteiger partial charge in [0, 0.05) is 6.54 Å². The van der Waals surface area contributed by atoms with Crippen molar-refractivity contribution in [2.75, 3.05) is 0 Å². The van der Waals surface area contributed by atoms with E-state index in [1.807, 2.05) is 0 Å². The van der Waals surface area contributed by atoms with E-state index < -0.39 is 15.9 Å². The summed E-state index contributed by atoms with van der Waals surface area (Å²) < 4.78 is 22.0. The molecule has 0 saturated carbocycles. The van der Waals surface area contributed by atoms with Crippen molar-refractivity contribution in [2.24, 2.45) is 16.0 Å². The number of hydrogen-bond donors (Lipinski definition) is 4. The third kappa shape index (κ3) is 4.94.